The Hall–Kier alpha value is -3.40. The number of anilines is 1. The maximum Gasteiger partial charge on any atom is 0.310 e. The predicted octanol–water partition coefficient (Wildman–Crippen LogP) is 5.81. The minimum absolute atomic E-state index is 0.150. The van der Waals surface area contributed by atoms with Crippen LogP contribution in [-0.4, -0.2) is 24.5 Å². The first kappa shape index (κ1) is 21.8. The maximum absolute atomic E-state index is 13.1. The molecule has 0 aliphatic heterocycles. The van der Waals surface area contributed by atoms with Crippen molar-refractivity contribution in [2.75, 3.05) is 11.5 Å². The summed E-state index contributed by atoms with van der Waals surface area (Å²) in [7, 11) is 0. The first-order valence-electron chi connectivity index (χ1n) is 11.4. The molecule has 4 rings (SSSR count). The van der Waals surface area contributed by atoms with Crippen molar-refractivity contribution >= 4 is 17.6 Å². The normalized spacial score (nSPS) is 14.0. The van der Waals surface area contributed by atoms with E-state index in [1.807, 2.05) is 77.7 Å². The van der Waals surface area contributed by atoms with Crippen molar-refractivity contribution in [3.63, 3.8) is 0 Å². The summed E-state index contributed by atoms with van der Waals surface area (Å²) in [6.07, 6.45) is 5.59. The molecule has 1 saturated carbocycles. The second-order valence-electron chi connectivity index (χ2n) is 8.29. The maximum atomic E-state index is 13.1. The van der Waals surface area contributed by atoms with Crippen LogP contribution >= 0.6 is 0 Å². The van der Waals surface area contributed by atoms with Crippen LogP contribution in [-0.2, 0) is 20.7 Å². The van der Waals surface area contributed by atoms with Crippen molar-refractivity contribution in [2.24, 2.45) is 0 Å². The number of ether oxygens (including phenoxy) is 1. The summed E-state index contributed by atoms with van der Waals surface area (Å²) in [6, 6.07) is 27.9. The summed E-state index contributed by atoms with van der Waals surface area (Å²) in [5.74, 6) is -0.543. The summed E-state index contributed by atoms with van der Waals surface area (Å²) >= 11 is 0. The number of para-hydroxylation sites is 1. The Morgan fingerprint density at radius 2 is 1.34 bits per heavy atom. The van der Waals surface area contributed by atoms with E-state index in [2.05, 4.69) is 12.1 Å². The average Bonchev–Trinajstić information content (AvgIpc) is 2.85. The van der Waals surface area contributed by atoms with Crippen molar-refractivity contribution in [3.8, 4) is 11.1 Å². The van der Waals surface area contributed by atoms with E-state index in [-0.39, 0.29) is 30.9 Å². The number of hydrogen-bond donors (Lipinski definition) is 0. The van der Waals surface area contributed by atoms with Gasteiger partial charge in [-0.25, -0.2) is 0 Å². The van der Waals surface area contributed by atoms with Crippen molar-refractivity contribution in [3.05, 3.63) is 90.5 Å². The fourth-order valence-corrected chi connectivity index (χ4v) is 4.36. The van der Waals surface area contributed by atoms with Crippen molar-refractivity contribution in [2.45, 2.75) is 44.6 Å². The zero-order chi connectivity index (χ0) is 22.2. The molecule has 0 atom stereocenters. The molecule has 164 valence electrons. The molecule has 4 heteroatoms. The molecule has 4 nitrogen and oxygen atoms in total. The number of hydrogen-bond acceptors (Lipinski definition) is 3. The lowest BCUT2D eigenvalue weighted by Gasteiger charge is -2.34. The van der Waals surface area contributed by atoms with E-state index in [0.29, 0.717) is 0 Å². The molecule has 32 heavy (non-hydrogen) atoms. The second kappa shape index (κ2) is 10.8. The molecule has 0 bridgehead atoms. The van der Waals surface area contributed by atoms with Crippen LogP contribution in [0.2, 0.25) is 0 Å². The van der Waals surface area contributed by atoms with Gasteiger partial charge in [-0.3, -0.25) is 9.59 Å². The van der Waals surface area contributed by atoms with E-state index in [9.17, 15) is 9.59 Å². The van der Waals surface area contributed by atoms with E-state index in [1.165, 1.54) is 6.42 Å². The number of nitrogens with zero attached hydrogens (tertiary/aromatic N) is 1. The number of carbonyl (C=O) groups excluding carboxylic acids is 2. The molecule has 1 fully saturated rings. The van der Waals surface area contributed by atoms with Crippen molar-refractivity contribution in [1.82, 2.24) is 0 Å². The standard InChI is InChI=1S/C28H29NO3/c30-27(29(25-12-6-2-7-13-25)26-14-8-3-9-15-26)21-32-28(31)20-22-16-18-24(19-17-22)23-10-4-1-5-11-23/h1-2,4-7,10-13,16-19,26H,3,8-9,14-15,20-21H2. The van der Waals surface area contributed by atoms with E-state index >= 15 is 0 Å². The fraction of sp³-hybridized carbons (Fsp3) is 0.286. The molecule has 0 spiro atoms. The van der Waals surface area contributed by atoms with Gasteiger partial charge in [-0.2, -0.15) is 0 Å². The highest BCUT2D eigenvalue weighted by Gasteiger charge is 2.27. The van der Waals surface area contributed by atoms with Gasteiger partial charge in [0.2, 0.25) is 0 Å². The van der Waals surface area contributed by atoms with Gasteiger partial charge >= 0.3 is 5.97 Å². The Bertz CT molecular complexity index is 1010. The van der Waals surface area contributed by atoms with Gasteiger partial charge in [0.25, 0.3) is 5.91 Å². The molecule has 0 unspecified atom stereocenters. The minimum atomic E-state index is -0.387. The lowest BCUT2D eigenvalue weighted by Crippen LogP contribution is -2.44. The Kier molecular flexibility index (Phi) is 7.34. The van der Waals surface area contributed by atoms with Gasteiger partial charge in [0.1, 0.15) is 0 Å². The largest absolute Gasteiger partial charge is 0.455 e. The molecule has 0 radical (unpaired) electrons. The van der Waals surface area contributed by atoms with Crippen molar-refractivity contribution < 1.29 is 14.3 Å². The number of esters is 1. The molecule has 1 amide bonds. The predicted molar refractivity (Wildman–Crippen MR) is 127 cm³/mol. The van der Waals surface area contributed by atoms with Crippen LogP contribution in [0.25, 0.3) is 11.1 Å². The number of carbonyl (C=O) groups is 2. The average molecular weight is 428 g/mol. The number of amides is 1. The topological polar surface area (TPSA) is 46.6 Å². The molecular formula is C28H29NO3. The highest BCUT2D eigenvalue weighted by molar-refractivity contribution is 5.95. The van der Waals surface area contributed by atoms with Gasteiger partial charge in [-0.05, 0) is 41.7 Å². The highest BCUT2D eigenvalue weighted by Crippen LogP contribution is 2.27. The molecule has 0 saturated heterocycles. The van der Waals surface area contributed by atoms with Crippen LogP contribution in [0.4, 0.5) is 5.69 Å². The Labute approximate surface area is 189 Å². The summed E-state index contributed by atoms with van der Waals surface area (Å²) in [5.41, 5.74) is 3.98. The minimum Gasteiger partial charge on any atom is -0.455 e. The van der Waals surface area contributed by atoms with E-state index in [0.717, 1.165) is 48.1 Å². The van der Waals surface area contributed by atoms with Gasteiger partial charge < -0.3 is 9.64 Å². The van der Waals surface area contributed by atoms with Gasteiger partial charge in [-0.15, -0.1) is 0 Å². The quantitative estimate of drug-likeness (QED) is 0.447. The third-order valence-corrected chi connectivity index (χ3v) is 6.01. The van der Waals surface area contributed by atoms with Crippen LogP contribution in [0, 0.1) is 0 Å². The fourth-order valence-electron chi connectivity index (χ4n) is 4.36. The zero-order valence-corrected chi connectivity index (χ0v) is 18.3. The van der Waals surface area contributed by atoms with Crippen LogP contribution in [0.3, 0.4) is 0 Å². The summed E-state index contributed by atoms with van der Waals surface area (Å²) in [6.45, 7) is -0.230. The summed E-state index contributed by atoms with van der Waals surface area (Å²) in [5, 5.41) is 0. The monoisotopic (exact) mass is 427 g/mol. The molecule has 1 aliphatic rings. The lowest BCUT2D eigenvalue weighted by molar-refractivity contribution is -0.147. The Morgan fingerprint density at radius 3 is 2.00 bits per heavy atom. The molecule has 0 aromatic heterocycles. The van der Waals surface area contributed by atoms with Crippen molar-refractivity contribution in [1.29, 1.82) is 0 Å². The lowest BCUT2D eigenvalue weighted by atomic mass is 9.93. The smallest absolute Gasteiger partial charge is 0.310 e. The molecular weight excluding hydrogens is 398 g/mol. The molecule has 3 aromatic carbocycles. The van der Waals surface area contributed by atoms with E-state index in [1.54, 1.807) is 0 Å². The second-order valence-corrected chi connectivity index (χ2v) is 8.29. The number of rotatable bonds is 7. The van der Waals surface area contributed by atoms with E-state index < -0.39 is 0 Å². The van der Waals surface area contributed by atoms with Gasteiger partial charge in [0.05, 0.1) is 6.42 Å². The first-order chi connectivity index (χ1) is 15.7. The van der Waals surface area contributed by atoms with Gasteiger partial charge in [0, 0.05) is 11.7 Å². The molecule has 3 aromatic rings. The molecule has 0 heterocycles. The SMILES string of the molecule is O=C(Cc1ccc(-c2ccccc2)cc1)OCC(=O)N(c1ccccc1)C1CCCCC1. The van der Waals surface area contributed by atoms with Crippen LogP contribution in [0.5, 0.6) is 0 Å². The zero-order valence-electron chi connectivity index (χ0n) is 18.3. The van der Waals surface area contributed by atoms with E-state index in [4.69, 9.17) is 4.74 Å². The van der Waals surface area contributed by atoms with Crippen LogP contribution in [0.15, 0.2) is 84.9 Å². The van der Waals surface area contributed by atoms with Gasteiger partial charge in [0.15, 0.2) is 6.61 Å². The Balaban J connectivity index is 1.35. The van der Waals surface area contributed by atoms with Gasteiger partial charge in [-0.1, -0.05) is 92.1 Å². The third kappa shape index (κ3) is 5.64. The summed E-state index contributed by atoms with van der Waals surface area (Å²) in [4.78, 5) is 27.3. The van der Waals surface area contributed by atoms with Crippen LogP contribution < -0.4 is 4.90 Å². The molecule has 0 N–H and O–H groups in total. The first-order valence-corrected chi connectivity index (χ1v) is 11.4. The third-order valence-electron chi connectivity index (χ3n) is 6.01. The number of benzene rings is 3. The Morgan fingerprint density at radius 1 is 0.750 bits per heavy atom. The van der Waals surface area contributed by atoms with Crippen LogP contribution in [0.1, 0.15) is 37.7 Å². The molecule has 1 aliphatic carbocycles. The highest BCUT2D eigenvalue weighted by atomic mass is 16.5. The summed E-state index contributed by atoms with van der Waals surface area (Å²) < 4.78 is 5.39.